The molecule has 1 atom stereocenters. The molecule has 2 aromatic carbocycles. The van der Waals surface area contributed by atoms with Crippen LogP contribution in [0.1, 0.15) is 36.0 Å². The van der Waals surface area contributed by atoms with Gasteiger partial charge in [0.15, 0.2) is 0 Å². The van der Waals surface area contributed by atoms with Crippen molar-refractivity contribution in [3.05, 3.63) is 59.2 Å². The van der Waals surface area contributed by atoms with Crippen LogP contribution < -0.4 is 4.90 Å². The van der Waals surface area contributed by atoms with Gasteiger partial charge < -0.3 is 4.90 Å². The molecule has 0 bridgehead atoms. The Bertz CT molecular complexity index is 1090. The van der Waals surface area contributed by atoms with Crippen molar-refractivity contribution in [1.82, 2.24) is 4.31 Å². The smallest absolute Gasteiger partial charge is 0.267 e. The Morgan fingerprint density at radius 2 is 1.79 bits per heavy atom. The number of nitrogens with zero attached hydrogens (tertiary/aromatic N) is 2. The minimum atomic E-state index is -4.10. The van der Waals surface area contributed by atoms with Crippen LogP contribution in [0.5, 0.6) is 0 Å². The quantitative estimate of drug-likeness (QED) is 0.777. The second-order valence-corrected chi connectivity index (χ2v) is 9.53. The normalized spacial score (nSPS) is 19.4. The topological polar surface area (TPSA) is 74.8 Å². The van der Waals surface area contributed by atoms with E-state index < -0.39 is 22.0 Å². The molecule has 2 aliphatic heterocycles. The van der Waals surface area contributed by atoms with E-state index in [4.69, 9.17) is 0 Å². The van der Waals surface area contributed by atoms with E-state index in [0.717, 1.165) is 39.5 Å². The van der Waals surface area contributed by atoms with Crippen molar-refractivity contribution in [2.75, 3.05) is 11.4 Å². The van der Waals surface area contributed by atoms with Gasteiger partial charge in [-0.2, -0.15) is 0 Å². The molecule has 1 fully saturated rings. The maximum atomic E-state index is 13.4. The van der Waals surface area contributed by atoms with Gasteiger partial charge in [0, 0.05) is 18.7 Å². The summed E-state index contributed by atoms with van der Waals surface area (Å²) in [4.78, 5) is 27.6. The first kappa shape index (κ1) is 19.6. The number of carbonyl (C=O) groups is 2. The molecule has 0 aromatic heterocycles. The molecule has 2 heterocycles. The van der Waals surface area contributed by atoms with E-state index in [-0.39, 0.29) is 23.6 Å². The summed E-state index contributed by atoms with van der Waals surface area (Å²) in [5.41, 5.74) is 3.67. The molecule has 0 aliphatic carbocycles. The average molecular weight is 413 g/mol. The number of fused-ring (bicyclic) bond motifs is 1. The molecule has 2 aliphatic rings. The van der Waals surface area contributed by atoms with E-state index in [9.17, 15) is 18.0 Å². The van der Waals surface area contributed by atoms with E-state index in [1.54, 1.807) is 17.0 Å². The number of amides is 2. The molecule has 0 radical (unpaired) electrons. The molecule has 0 saturated carbocycles. The number of anilines is 1. The third-order valence-electron chi connectivity index (χ3n) is 5.86. The largest absolute Gasteiger partial charge is 0.310 e. The molecule has 7 heteroatoms. The van der Waals surface area contributed by atoms with Gasteiger partial charge in [-0.1, -0.05) is 24.3 Å². The molecular weight excluding hydrogens is 388 g/mol. The van der Waals surface area contributed by atoms with E-state index in [0.29, 0.717) is 6.54 Å². The Morgan fingerprint density at radius 3 is 2.55 bits per heavy atom. The van der Waals surface area contributed by atoms with Gasteiger partial charge in [-0.05, 0) is 68.0 Å². The van der Waals surface area contributed by atoms with Gasteiger partial charge in [-0.3, -0.25) is 9.59 Å². The first-order valence-electron chi connectivity index (χ1n) is 9.84. The summed E-state index contributed by atoms with van der Waals surface area (Å²) in [5, 5.41) is 0. The zero-order valence-corrected chi connectivity index (χ0v) is 17.4. The second kappa shape index (κ2) is 7.30. The fourth-order valence-corrected chi connectivity index (χ4v) is 5.80. The Hall–Kier alpha value is -2.67. The zero-order valence-electron chi connectivity index (χ0n) is 16.6. The first-order valence-corrected chi connectivity index (χ1v) is 11.3. The second-order valence-electron chi connectivity index (χ2n) is 7.72. The summed E-state index contributed by atoms with van der Waals surface area (Å²) in [5.74, 6) is -0.845. The van der Waals surface area contributed by atoms with E-state index >= 15 is 0 Å². The number of hydrogen-bond donors (Lipinski definition) is 0. The van der Waals surface area contributed by atoms with Crippen LogP contribution in [0, 0.1) is 13.8 Å². The highest BCUT2D eigenvalue weighted by molar-refractivity contribution is 7.89. The lowest BCUT2D eigenvalue weighted by Crippen LogP contribution is -2.50. The highest BCUT2D eigenvalue weighted by Crippen LogP contribution is 2.33. The predicted octanol–water partition coefficient (Wildman–Crippen LogP) is 2.96. The van der Waals surface area contributed by atoms with Crippen LogP contribution in [-0.4, -0.2) is 37.1 Å². The molecule has 152 valence electrons. The molecule has 0 spiro atoms. The fraction of sp³-hybridized carbons (Fsp3) is 0.364. The van der Waals surface area contributed by atoms with Crippen LogP contribution in [0.25, 0.3) is 0 Å². The molecule has 4 rings (SSSR count). The number of benzene rings is 2. The van der Waals surface area contributed by atoms with Crippen molar-refractivity contribution in [3.8, 4) is 0 Å². The summed E-state index contributed by atoms with van der Waals surface area (Å²) in [7, 11) is -4.10. The van der Waals surface area contributed by atoms with Gasteiger partial charge in [-0.15, -0.1) is 0 Å². The average Bonchev–Trinajstić information content (AvgIpc) is 3.11. The highest BCUT2D eigenvalue weighted by atomic mass is 32.2. The summed E-state index contributed by atoms with van der Waals surface area (Å²) in [6, 6.07) is 11.5. The van der Waals surface area contributed by atoms with Crippen LogP contribution in [0.4, 0.5) is 5.69 Å². The lowest BCUT2D eigenvalue weighted by Gasteiger charge is -2.33. The maximum absolute atomic E-state index is 13.4. The molecule has 29 heavy (non-hydrogen) atoms. The fourth-order valence-electron chi connectivity index (χ4n) is 4.12. The summed E-state index contributed by atoms with van der Waals surface area (Å²) in [6.07, 6.45) is 1.96. The number of para-hydroxylation sites is 1. The van der Waals surface area contributed by atoms with Gasteiger partial charge in [0.25, 0.3) is 15.9 Å². The maximum Gasteiger partial charge on any atom is 0.267 e. The van der Waals surface area contributed by atoms with Gasteiger partial charge in [0.1, 0.15) is 6.04 Å². The summed E-state index contributed by atoms with van der Waals surface area (Å²) in [6.45, 7) is 4.25. The van der Waals surface area contributed by atoms with Gasteiger partial charge in [0.05, 0.1) is 4.90 Å². The van der Waals surface area contributed by atoms with Crippen LogP contribution in [0.2, 0.25) is 0 Å². The Kier molecular flexibility index (Phi) is 4.94. The van der Waals surface area contributed by atoms with Crippen LogP contribution in [0.15, 0.2) is 47.4 Å². The Morgan fingerprint density at radius 1 is 1.03 bits per heavy atom. The number of sulfonamides is 1. The van der Waals surface area contributed by atoms with Crippen LogP contribution >= 0.6 is 0 Å². The number of aryl methyl sites for hydroxylation is 3. The lowest BCUT2D eigenvalue weighted by atomic mass is 10.0. The Labute approximate surface area is 171 Å². The van der Waals surface area contributed by atoms with E-state index in [1.807, 2.05) is 38.1 Å². The van der Waals surface area contributed by atoms with Crippen molar-refractivity contribution in [2.24, 2.45) is 0 Å². The number of hydrogen-bond acceptors (Lipinski definition) is 4. The first-order chi connectivity index (χ1) is 13.8. The van der Waals surface area contributed by atoms with E-state index in [1.165, 1.54) is 6.07 Å². The molecule has 0 N–H and O–H groups in total. The molecule has 1 saturated heterocycles. The zero-order chi connectivity index (χ0) is 20.8. The van der Waals surface area contributed by atoms with Gasteiger partial charge in [0.2, 0.25) is 5.91 Å². The van der Waals surface area contributed by atoms with Crippen LogP contribution in [0.3, 0.4) is 0 Å². The molecule has 6 nitrogen and oxygen atoms in total. The van der Waals surface area contributed by atoms with Crippen molar-refractivity contribution in [1.29, 1.82) is 0 Å². The molecule has 2 amide bonds. The van der Waals surface area contributed by atoms with E-state index in [2.05, 4.69) is 0 Å². The summed E-state index contributed by atoms with van der Waals surface area (Å²) < 4.78 is 27.4. The van der Waals surface area contributed by atoms with Crippen molar-refractivity contribution < 1.29 is 18.0 Å². The summed E-state index contributed by atoms with van der Waals surface area (Å²) >= 11 is 0. The number of rotatable bonds is 3. The standard InChI is InChI=1S/C22H24N2O4S/c1-15-9-10-18(14-16(15)2)29(27,28)24-20(11-12-21(24)25)22(26)23-13-5-7-17-6-3-4-8-19(17)23/h3-4,6,8-10,14,20H,5,7,11-13H2,1-2H3. The highest BCUT2D eigenvalue weighted by Gasteiger charge is 2.46. The van der Waals surface area contributed by atoms with Gasteiger partial charge in [-0.25, -0.2) is 12.7 Å². The molecule has 1 unspecified atom stereocenters. The lowest BCUT2D eigenvalue weighted by molar-refractivity contribution is -0.129. The van der Waals surface area contributed by atoms with Crippen molar-refractivity contribution in [3.63, 3.8) is 0 Å². The third-order valence-corrected chi connectivity index (χ3v) is 7.68. The van der Waals surface area contributed by atoms with Crippen molar-refractivity contribution in [2.45, 2.75) is 50.5 Å². The SMILES string of the molecule is Cc1ccc(S(=O)(=O)N2C(=O)CCC2C(=O)N2CCCc3ccccc32)cc1C. The van der Waals surface area contributed by atoms with Crippen molar-refractivity contribution >= 4 is 27.5 Å². The number of carbonyl (C=O) groups excluding carboxylic acids is 2. The monoisotopic (exact) mass is 412 g/mol. The minimum Gasteiger partial charge on any atom is -0.310 e. The molecule has 2 aromatic rings. The third kappa shape index (κ3) is 3.33. The Balaban J connectivity index is 1.70. The van der Waals surface area contributed by atoms with Crippen LogP contribution in [-0.2, 0) is 26.0 Å². The van der Waals surface area contributed by atoms with Gasteiger partial charge >= 0.3 is 0 Å². The predicted molar refractivity (Wildman–Crippen MR) is 110 cm³/mol. The molecular formula is C22H24N2O4S. The minimum absolute atomic E-state index is 0.0488.